The van der Waals surface area contributed by atoms with E-state index in [1.807, 2.05) is 62.5 Å². The second-order valence-electron chi connectivity index (χ2n) is 25.2. The van der Waals surface area contributed by atoms with Gasteiger partial charge in [0.1, 0.15) is 30.9 Å². The number of methoxy groups -OCH3 is 1. The van der Waals surface area contributed by atoms with Crippen molar-refractivity contribution in [2.24, 2.45) is 68.5 Å². The molecule has 6 aliphatic rings. The Labute approximate surface area is 431 Å². The predicted octanol–water partition coefficient (Wildman–Crippen LogP) is 13.5. The number of fused-ring (bicyclic) bond motifs is 5. The summed E-state index contributed by atoms with van der Waals surface area (Å²) in [6, 6.07) is 17.8. The molecule has 2 aromatic carbocycles. The maximum Gasteiger partial charge on any atom is 0.309 e. The Morgan fingerprint density at radius 3 is 2.33 bits per heavy atom. The summed E-state index contributed by atoms with van der Waals surface area (Å²) in [5.41, 5.74) is 3.31. The number of likely N-dealkylation sites (tertiary alicyclic amines) is 1. The summed E-state index contributed by atoms with van der Waals surface area (Å²) in [5, 5.41) is 0. The Bertz CT molecular complexity index is 2410. The lowest BCUT2D eigenvalue weighted by molar-refractivity contribution is -0.201. The normalized spacial score (nSPS) is 33.2. The van der Waals surface area contributed by atoms with Crippen LogP contribution in [0.4, 0.5) is 0 Å². The molecular weight excluding hydrogens is 899 g/mol. The van der Waals surface area contributed by atoms with Gasteiger partial charge in [0.15, 0.2) is 0 Å². The Hall–Kier alpha value is -4.44. The van der Waals surface area contributed by atoms with E-state index in [0.717, 1.165) is 118 Å². The minimum absolute atomic E-state index is 0.0616. The summed E-state index contributed by atoms with van der Waals surface area (Å²) in [4.78, 5) is 54.1. The number of hydrogen-bond acceptors (Lipinski definition) is 8. The second-order valence-corrected chi connectivity index (χ2v) is 25.2. The number of allylic oxidation sites excluding steroid dienone is 1. The van der Waals surface area contributed by atoms with E-state index in [1.165, 1.54) is 12.0 Å². The second kappa shape index (κ2) is 20.7. The lowest BCUT2D eigenvalue weighted by atomic mass is 9.37. The summed E-state index contributed by atoms with van der Waals surface area (Å²) in [5.74, 6) is 3.07. The van der Waals surface area contributed by atoms with E-state index < -0.39 is 5.41 Å². The van der Waals surface area contributed by atoms with Gasteiger partial charge in [-0.15, -0.1) is 0 Å². The molecule has 9 rings (SSSR count). The number of unbranched alkanes of at least 4 members (excludes halogenated alkanes) is 1. The molecule has 5 saturated carbocycles. The van der Waals surface area contributed by atoms with Crippen molar-refractivity contribution < 1.29 is 33.3 Å². The summed E-state index contributed by atoms with van der Waals surface area (Å²) < 4.78 is 23.4. The third-order valence-corrected chi connectivity index (χ3v) is 21.2. The molecule has 6 fully saturated rings. The van der Waals surface area contributed by atoms with Gasteiger partial charge in [0.05, 0.1) is 41.8 Å². The number of benzene rings is 2. The highest BCUT2D eigenvalue weighted by Crippen LogP contribution is 2.74. The number of aromatic nitrogens is 2. The quantitative estimate of drug-likeness (QED) is 0.0760. The van der Waals surface area contributed by atoms with Crippen molar-refractivity contribution in [3.8, 4) is 17.0 Å². The van der Waals surface area contributed by atoms with Crippen molar-refractivity contribution in [3.63, 3.8) is 0 Å². The number of nitrogens with zero attached hydrogens (tertiary/aromatic N) is 2. The zero-order valence-electron chi connectivity index (χ0n) is 45.4. The molecule has 2 heterocycles. The monoisotopic (exact) mass is 986 g/mol. The van der Waals surface area contributed by atoms with Crippen LogP contribution in [0.2, 0.25) is 0 Å². The van der Waals surface area contributed by atoms with E-state index in [9.17, 15) is 9.59 Å². The van der Waals surface area contributed by atoms with Gasteiger partial charge in [-0.05, 0) is 172 Å². The number of rotatable bonds is 18. The average molecular weight is 986 g/mol. The van der Waals surface area contributed by atoms with Crippen molar-refractivity contribution in [1.29, 1.82) is 0 Å². The molecule has 12 atom stereocenters. The number of imidazole rings is 1. The predicted molar refractivity (Wildman–Crippen MR) is 282 cm³/mol. The van der Waals surface area contributed by atoms with Gasteiger partial charge >= 0.3 is 11.9 Å². The zero-order valence-corrected chi connectivity index (χ0v) is 45.4. The first-order valence-electron chi connectivity index (χ1n) is 28.0. The van der Waals surface area contributed by atoms with E-state index in [0.29, 0.717) is 49.2 Å². The van der Waals surface area contributed by atoms with Crippen molar-refractivity contribution in [3.05, 3.63) is 84.3 Å². The number of esters is 2. The SMILES string of the molecule is C=C(C)[C@@H]1CC[C@]2(C(=O)N3CCCC3c3ncc(-c4ccc(OCCOC)cc4)[nH]3)CC[C@]3(C)[C@H](CC[C@@H]4C[C@H](C(C)(C)[C@H](CCCC)OC(=O)C5CC(C(=O)OCc6ccccc6)C5(C)C)CC[C@]43C)[C@@H]12. The lowest BCUT2D eigenvalue weighted by Gasteiger charge is -2.68. The minimum Gasteiger partial charge on any atom is -0.491 e. The minimum atomic E-state index is -0.537. The van der Waals surface area contributed by atoms with Gasteiger partial charge in [-0.1, -0.05) is 104 Å². The molecule has 3 unspecified atom stereocenters. The third-order valence-electron chi connectivity index (χ3n) is 21.2. The molecule has 1 aromatic heterocycles. The van der Waals surface area contributed by atoms with Crippen LogP contribution in [0.1, 0.15) is 169 Å². The number of hydrogen-bond donors (Lipinski definition) is 1. The maximum absolute atomic E-state index is 15.7. The first-order valence-corrected chi connectivity index (χ1v) is 28.0. The number of amides is 1. The van der Waals surface area contributed by atoms with E-state index in [1.54, 1.807) is 7.11 Å². The van der Waals surface area contributed by atoms with Crippen LogP contribution in [-0.2, 0) is 35.2 Å². The van der Waals surface area contributed by atoms with Gasteiger partial charge < -0.3 is 28.8 Å². The fraction of sp³-hybridized carbons (Fsp3) is 0.677. The summed E-state index contributed by atoms with van der Waals surface area (Å²) >= 11 is 0. The number of H-pyrrole nitrogens is 1. The van der Waals surface area contributed by atoms with E-state index >= 15 is 4.79 Å². The topological polar surface area (TPSA) is 120 Å². The van der Waals surface area contributed by atoms with Gasteiger partial charge in [0.2, 0.25) is 5.91 Å². The van der Waals surface area contributed by atoms with Crippen molar-refractivity contribution >= 4 is 17.8 Å². The number of nitrogens with one attached hydrogen (secondary N) is 1. The smallest absolute Gasteiger partial charge is 0.309 e. The Morgan fingerprint density at radius 1 is 0.875 bits per heavy atom. The molecule has 0 bridgehead atoms. The van der Waals surface area contributed by atoms with Gasteiger partial charge in [-0.2, -0.15) is 0 Å². The molecule has 0 radical (unpaired) electrons. The average Bonchev–Trinajstić information content (AvgIpc) is 4.15. The Kier molecular flexibility index (Phi) is 15.1. The molecule has 0 spiro atoms. The standard InChI is InChI=1S/C62H87N3O7/c1-11-12-20-52(72-56(67)49-37-48(59(49,6)7)55(66)71-39-41-17-14-13-15-18-41)58(4,5)43-27-29-60(8)44(36-43)23-26-47-53-46(40(2)3)28-30-62(53,32-31-61(47,60)9)57(68)65-33-16-19-51(65)54-63-38-50(64-54)42-21-24-45(25-22-42)70-35-34-69-10/h13-15,17-18,21-22,24-25,38,43-44,46-49,51-53H,2,11-12,16,19-20,23,26-37,39H2,1,3-10H3,(H,63,64)/t43-,44-,46+,47-,48?,49?,51?,52+,53-,60-,61-,62+/m1/s1. The van der Waals surface area contributed by atoms with Crippen LogP contribution in [0, 0.1) is 68.5 Å². The molecule has 1 amide bonds. The van der Waals surface area contributed by atoms with Crippen LogP contribution >= 0.6 is 0 Å². The first kappa shape index (κ1) is 52.4. The summed E-state index contributed by atoms with van der Waals surface area (Å²) in [6.07, 6.45) is 16.7. The van der Waals surface area contributed by atoms with Crippen molar-refractivity contribution in [2.75, 3.05) is 26.9 Å². The van der Waals surface area contributed by atoms with Crippen LogP contribution in [0.15, 0.2) is 72.9 Å². The fourth-order valence-electron chi connectivity index (χ4n) is 16.1. The van der Waals surface area contributed by atoms with Crippen LogP contribution in [0.5, 0.6) is 5.75 Å². The third kappa shape index (κ3) is 9.28. The Morgan fingerprint density at radius 2 is 1.62 bits per heavy atom. The van der Waals surface area contributed by atoms with Gasteiger partial charge in [0, 0.05) is 19.1 Å². The highest BCUT2D eigenvalue weighted by molar-refractivity contribution is 5.85. The largest absolute Gasteiger partial charge is 0.491 e. The number of aromatic amines is 1. The number of carbonyl (C=O) groups is 3. The van der Waals surface area contributed by atoms with Crippen molar-refractivity contribution in [2.45, 2.75) is 170 Å². The zero-order chi connectivity index (χ0) is 51.2. The van der Waals surface area contributed by atoms with Gasteiger partial charge in [-0.3, -0.25) is 14.4 Å². The highest BCUT2D eigenvalue weighted by Gasteiger charge is 2.69. The maximum atomic E-state index is 15.7. The number of ether oxygens (including phenoxy) is 4. The molecule has 392 valence electrons. The highest BCUT2D eigenvalue weighted by atomic mass is 16.5. The molecule has 3 aromatic rings. The van der Waals surface area contributed by atoms with Gasteiger partial charge in [0.25, 0.3) is 0 Å². The van der Waals surface area contributed by atoms with Crippen LogP contribution in [-0.4, -0.2) is 65.7 Å². The molecule has 10 nitrogen and oxygen atoms in total. The summed E-state index contributed by atoms with van der Waals surface area (Å²) in [7, 11) is 1.67. The molecule has 72 heavy (non-hydrogen) atoms. The lowest BCUT2D eigenvalue weighted by Crippen LogP contribution is -2.63. The fourth-order valence-corrected chi connectivity index (χ4v) is 16.1. The molecule has 1 N–H and O–H groups in total. The van der Waals surface area contributed by atoms with E-state index in [2.05, 4.69) is 70.1 Å². The first-order chi connectivity index (χ1) is 34.4. The molecule has 1 aliphatic heterocycles. The van der Waals surface area contributed by atoms with E-state index in [-0.39, 0.29) is 70.1 Å². The summed E-state index contributed by atoms with van der Waals surface area (Å²) in [6.45, 7) is 25.2. The van der Waals surface area contributed by atoms with Crippen molar-refractivity contribution in [1.82, 2.24) is 14.9 Å². The molecular formula is C62H87N3O7. The Balaban J connectivity index is 0.880. The van der Waals surface area contributed by atoms with E-state index in [4.69, 9.17) is 23.9 Å². The van der Waals surface area contributed by atoms with Crippen LogP contribution in [0.25, 0.3) is 11.3 Å². The molecule has 1 saturated heterocycles. The number of carbonyl (C=O) groups excluding carboxylic acids is 3. The molecule has 10 heteroatoms. The van der Waals surface area contributed by atoms with Crippen LogP contribution in [0.3, 0.4) is 0 Å². The molecule has 5 aliphatic carbocycles. The van der Waals surface area contributed by atoms with Crippen LogP contribution < -0.4 is 4.74 Å². The van der Waals surface area contributed by atoms with Gasteiger partial charge in [-0.25, -0.2) is 4.98 Å².